The van der Waals surface area contributed by atoms with Gasteiger partial charge in [0.15, 0.2) is 0 Å². The highest BCUT2D eigenvalue weighted by Gasteiger charge is 2.39. The molecular formula is C18H18Cl2NO5. The molecular weight excluding hydrogens is 381 g/mol. The molecule has 1 atom stereocenters. The normalized spacial score (nSPS) is 17.1. The van der Waals surface area contributed by atoms with Crippen LogP contribution >= 0.6 is 23.2 Å². The van der Waals surface area contributed by atoms with E-state index in [4.69, 9.17) is 32.7 Å². The lowest BCUT2D eigenvalue weighted by Crippen LogP contribution is -2.34. The van der Waals surface area contributed by atoms with E-state index in [9.17, 15) is 14.7 Å². The van der Waals surface area contributed by atoms with Crippen LogP contribution < -0.4 is 5.32 Å². The molecule has 0 fully saturated rings. The second-order valence-electron chi connectivity index (χ2n) is 5.49. The van der Waals surface area contributed by atoms with Crippen molar-refractivity contribution in [3.05, 3.63) is 56.3 Å². The van der Waals surface area contributed by atoms with E-state index in [0.29, 0.717) is 11.3 Å². The number of nitrogens with one attached hydrogen (secondary N) is 1. The zero-order chi connectivity index (χ0) is 19.4. The Hall–Kier alpha value is -2.02. The van der Waals surface area contributed by atoms with Gasteiger partial charge in [0.25, 0.3) is 0 Å². The predicted molar refractivity (Wildman–Crippen MR) is 96.3 cm³/mol. The number of rotatable bonds is 5. The number of halogens is 2. The van der Waals surface area contributed by atoms with Crippen LogP contribution in [-0.4, -0.2) is 32.3 Å². The first kappa shape index (κ1) is 20.3. The number of allylic oxidation sites excluding steroid dienone is 1. The lowest BCUT2D eigenvalue weighted by atomic mass is 9.80. The first-order valence-corrected chi connectivity index (χ1v) is 8.61. The third kappa shape index (κ3) is 3.72. The summed E-state index contributed by atoms with van der Waals surface area (Å²) < 4.78 is 9.98. The molecule has 8 heteroatoms. The second kappa shape index (κ2) is 8.58. The molecule has 1 aromatic carbocycles. The number of esters is 2. The lowest BCUT2D eigenvalue weighted by molar-refractivity contribution is -0.139. The minimum atomic E-state index is -0.933. The van der Waals surface area contributed by atoms with Gasteiger partial charge in [0.1, 0.15) is 6.61 Å². The number of ether oxygens (including phenoxy) is 2. The summed E-state index contributed by atoms with van der Waals surface area (Å²) in [5, 5.41) is 15.0. The highest BCUT2D eigenvalue weighted by Crippen LogP contribution is 2.43. The molecule has 1 aliphatic heterocycles. The van der Waals surface area contributed by atoms with Crippen LogP contribution in [0.3, 0.4) is 0 Å². The molecule has 1 aromatic rings. The zero-order valence-corrected chi connectivity index (χ0v) is 16.0. The first-order chi connectivity index (χ1) is 12.4. The van der Waals surface area contributed by atoms with Crippen molar-refractivity contribution < 1.29 is 24.2 Å². The summed E-state index contributed by atoms with van der Waals surface area (Å²) in [6.07, 6.45) is 0. The van der Waals surface area contributed by atoms with Crippen molar-refractivity contribution in [1.82, 2.24) is 5.32 Å². The van der Waals surface area contributed by atoms with Gasteiger partial charge in [-0.3, -0.25) is 0 Å². The summed E-state index contributed by atoms with van der Waals surface area (Å²) >= 11 is 12.5. The monoisotopic (exact) mass is 398 g/mol. The molecule has 6 nitrogen and oxygen atoms in total. The van der Waals surface area contributed by atoms with Gasteiger partial charge in [-0.05, 0) is 25.5 Å². The maximum atomic E-state index is 12.6. The van der Waals surface area contributed by atoms with Crippen LogP contribution in [0.25, 0.3) is 0 Å². The average molecular weight is 399 g/mol. The molecule has 1 heterocycles. The van der Waals surface area contributed by atoms with Crippen LogP contribution in [0.15, 0.2) is 40.7 Å². The molecule has 0 bridgehead atoms. The number of methoxy groups -OCH3 is 1. The Kier molecular flexibility index (Phi) is 6.69. The van der Waals surface area contributed by atoms with Crippen molar-refractivity contribution in [3.63, 3.8) is 0 Å². The Balaban J connectivity index is 2.78. The van der Waals surface area contributed by atoms with Crippen LogP contribution in [0.2, 0.25) is 10.0 Å². The largest absolute Gasteiger partial charge is 0.466 e. The summed E-state index contributed by atoms with van der Waals surface area (Å²) in [7, 11) is 1.23. The number of benzene rings is 1. The maximum Gasteiger partial charge on any atom is 0.336 e. The van der Waals surface area contributed by atoms with Crippen LogP contribution in [0.1, 0.15) is 25.3 Å². The van der Waals surface area contributed by atoms with Gasteiger partial charge in [-0.15, -0.1) is 0 Å². The van der Waals surface area contributed by atoms with E-state index < -0.39 is 24.5 Å². The molecule has 0 aromatic heterocycles. The van der Waals surface area contributed by atoms with Gasteiger partial charge in [-0.1, -0.05) is 35.3 Å². The molecule has 0 amide bonds. The minimum absolute atomic E-state index is 0.0250. The average Bonchev–Trinajstić information content (AvgIpc) is 2.62. The van der Waals surface area contributed by atoms with E-state index in [1.165, 1.54) is 7.11 Å². The number of hydrogen-bond acceptors (Lipinski definition) is 5. The van der Waals surface area contributed by atoms with Crippen molar-refractivity contribution in [2.45, 2.75) is 19.8 Å². The van der Waals surface area contributed by atoms with Gasteiger partial charge in [0, 0.05) is 5.70 Å². The molecule has 1 aliphatic rings. The van der Waals surface area contributed by atoms with Crippen LogP contribution in [0.5, 0.6) is 0 Å². The van der Waals surface area contributed by atoms with Gasteiger partial charge in [-0.2, -0.15) is 0 Å². The van der Waals surface area contributed by atoms with E-state index in [2.05, 4.69) is 5.32 Å². The fraction of sp³-hybridized carbons (Fsp3) is 0.333. The fourth-order valence-corrected chi connectivity index (χ4v) is 3.31. The molecule has 0 spiro atoms. The topological polar surface area (TPSA) is 84.5 Å². The molecule has 0 saturated carbocycles. The van der Waals surface area contributed by atoms with E-state index in [1.54, 1.807) is 32.0 Å². The lowest BCUT2D eigenvalue weighted by Gasteiger charge is -2.31. The van der Waals surface area contributed by atoms with Crippen molar-refractivity contribution in [2.24, 2.45) is 0 Å². The molecule has 26 heavy (non-hydrogen) atoms. The van der Waals surface area contributed by atoms with Crippen LogP contribution in [0, 0.1) is 0 Å². The molecule has 0 saturated heterocycles. The minimum Gasteiger partial charge on any atom is -0.466 e. The summed E-state index contributed by atoms with van der Waals surface area (Å²) in [4.78, 5) is 25.0. The van der Waals surface area contributed by atoms with Crippen LogP contribution in [-0.2, 0) is 24.2 Å². The number of carbonyl (C=O) groups excluding carboxylic acids is 2. The van der Waals surface area contributed by atoms with Gasteiger partial charge in [0.2, 0.25) is 0 Å². The van der Waals surface area contributed by atoms with Crippen molar-refractivity contribution in [3.8, 4) is 0 Å². The summed E-state index contributed by atoms with van der Waals surface area (Å²) in [5.74, 6) is -2.29. The van der Waals surface area contributed by atoms with Gasteiger partial charge >= 0.3 is 11.9 Å². The molecule has 1 unspecified atom stereocenters. The van der Waals surface area contributed by atoms with E-state index in [1.807, 2.05) is 0 Å². The Morgan fingerprint density at radius 1 is 1.19 bits per heavy atom. The van der Waals surface area contributed by atoms with Crippen molar-refractivity contribution in [2.75, 3.05) is 20.3 Å². The standard InChI is InChI=1S/C18H18Cl2NO5/c1-4-26-18(24)15-12(8-22)21-9(2)13(17(23)25-3)14(15)10-6-5-7-11(19)16(10)20/h5-7,14,21H,4,8H2,1-3H3. The summed E-state index contributed by atoms with van der Waals surface area (Å²) in [5.41, 5.74) is 1.12. The highest BCUT2D eigenvalue weighted by molar-refractivity contribution is 6.42. The Morgan fingerprint density at radius 2 is 1.88 bits per heavy atom. The van der Waals surface area contributed by atoms with Crippen molar-refractivity contribution in [1.29, 1.82) is 0 Å². The number of carbonyl (C=O) groups is 2. The molecule has 139 valence electrons. The van der Waals surface area contributed by atoms with E-state index in [0.717, 1.165) is 0 Å². The second-order valence-corrected chi connectivity index (χ2v) is 6.27. The SMILES string of the molecule is CCOC(=O)C1=C(C[O])NC(C)=C(C(=O)OC)C1c1cccc(Cl)c1Cl. The van der Waals surface area contributed by atoms with E-state index >= 15 is 0 Å². The Bertz CT molecular complexity index is 801. The third-order valence-corrected chi connectivity index (χ3v) is 4.82. The molecule has 1 radical (unpaired) electrons. The maximum absolute atomic E-state index is 12.6. The fourth-order valence-electron chi connectivity index (χ4n) is 2.90. The number of dihydropyridines is 1. The van der Waals surface area contributed by atoms with Gasteiger partial charge < -0.3 is 14.8 Å². The van der Waals surface area contributed by atoms with E-state index in [-0.39, 0.29) is 33.5 Å². The van der Waals surface area contributed by atoms with Gasteiger partial charge in [0.05, 0.1) is 46.5 Å². The Labute approximate surface area is 161 Å². The molecule has 1 N–H and O–H groups in total. The zero-order valence-electron chi connectivity index (χ0n) is 14.5. The highest BCUT2D eigenvalue weighted by atomic mass is 35.5. The smallest absolute Gasteiger partial charge is 0.336 e. The molecule has 0 aliphatic carbocycles. The summed E-state index contributed by atoms with van der Waals surface area (Å²) in [6, 6.07) is 4.88. The third-order valence-electron chi connectivity index (χ3n) is 3.98. The Morgan fingerprint density at radius 3 is 2.46 bits per heavy atom. The number of hydrogen-bond donors (Lipinski definition) is 1. The van der Waals surface area contributed by atoms with Gasteiger partial charge in [-0.25, -0.2) is 14.7 Å². The quantitative estimate of drug-likeness (QED) is 0.768. The van der Waals surface area contributed by atoms with Crippen LogP contribution in [0.4, 0.5) is 0 Å². The first-order valence-electron chi connectivity index (χ1n) is 7.85. The predicted octanol–water partition coefficient (Wildman–Crippen LogP) is 3.37. The van der Waals surface area contributed by atoms with Crippen molar-refractivity contribution >= 4 is 35.1 Å². The summed E-state index contributed by atoms with van der Waals surface area (Å²) in [6.45, 7) is 2.68. The molecule has 2 rings (SSSR count).